The van der Waals surface area contributed by atoms with Gasteiger partial charge in [0.25, 0.3) is 5.91 Å². The third-order valence-electron chi connectivity index (χ3n) is 7.78. The fourth-order valence-electron chi connectivity index (χ4n) is 6.62. The summed E-state index contributed by atoms with van der Waals surface area (Å²) >= 11 is 0. The molecule has 30 heavy (non-hydrogen) atoms. The van der Waals surface area contributed by atoms with E-state index < -0.39 is 23.7 Å². The van der Waals surface area contributed by atoms with Crippen molar-refractivity contribution >= 4 is 11.9 Å². The summed E-state index contributed by atoms with van der Waals surface area (Å²) in [7, 11) is 0. The van der Waals surface area contributed by atoms with Gasteiger partial charge >= 0.3 is 5.97 Å². The molecule has 1 amide bonds. The molecule has 0 heterocycles. The Morgan fingerprint density at radius 3 is 2.30 bits per heavy atom. The molecule has 5 aliphatic rings. The highest BCUT2D eigenvalue weighted by Gasteiger charge is 2.51. The number of amides is 1. The highest BCUT2D eigenvalue weighted by molar-refractivity contribution is 5.97. The number of hydrogen-bond donors (Lipinski definition) is 2. The molecule has 0 saturated heterocycles. The lowest BCUT2D eigenvalue weighted by Crippen LogP contribution is -2.48. The van der Waals surface area contributed by atoms with Crippen molar-refractivity contribution < 1.29 is 23.8 Å². The van der Waals surface area contributed by atoms with Crippen molar-refractivity contribution in [3.8, 4) is 5.75 Å². The van der Waals surface area contributed by atoms with E-state index in [1.165, 1.54) is 51.5 Å². The number of carbonyl (C=O) groups is 2. The molecule has 6 rings (SSSR count). The van der Waals surface area contributed by atoms with Crippen LogP contribution in [0.25, 0.3) is 0 Å². The minimum Gasteiger partial charge on any atom is -0.493 e. The van der Waals surface area contributed by atoms with Gasteiger partial charge in [-0.05, 0) is 93.6 Å². The predicted molar refractivity (Wildman–Crippen MR) is 109 cm³/mol. The lowest BCUT2D eigenvalue weighted by Gasteiger charge is -2.56. The normalized spacial score (nSPS) is 32.7. The third kappa shape index (κ3) is 3.69. The molecule has 0 aliphatic heterocycles. The topological polar surface area (TPSA) is 75.6 Å². The van der Waals surface area contributed by atoms with E-state index in [1.807, 2.05) is 0 Å². The van der Waals surface area contributed by atoms with Gasteiger partial charge in [0.05, 0.1) is 12.2 Å². The fraction of sp³-hybridized carbons (Fsp3) is 0.667. The number of hydrogen-bond acceptors (Lipinski definition) is 3. The Hall–Kier alpha value is -2.11. The third-order valence-corrected chi connectivity index (χ3v) is 7.78. The van der Waals surface area contributed by atoms with Gasteiger partial charge in [0, 0.05) is 11.5 Å². The number of carboxylic acid groups (broad SMARTS) is 1. The summed E-state index contributed by atoms with van der Waals surface area (Å²) in [4.78, 5) is 23.4. The standard InChI is InChI=1S/C24H30FNO4/c1-13(23(28)29)26-22(27)19-7-18(17-2-3-17)21(8-20(19)25)30-12-24-9-14-4-15(10-24)6-16(5-14)11-24/h7-8,13-17H,2-6,9-12H2,1H3,(H,26,27)(H,28,29). The number of carboxylic acids is 1. The largest absolute Gasteiger partial charge is 0.493 e. The first-order valence-corrected chi connectivity index (χ1v) is 11.3. The van der Waals surface area contributed by atoms with Gasteiger partial charge in [-0.1, -0.05) is 0 Å². The lowest BCUT2D eigenvalue weighted by molar-refractivity contribution is -0.138. The summed E-state index contributed by atoms with van der Waals surface area (Å²) in [6.45, 7) is 2.00. The number of nitrogens with one attached hydrogen (secondary N) is 1. The summed E-state index contributed by atoms with van der Waals surface area (Å²) in [6, 6.07) is 1.84. The molecule has 1 atom stereocenters. The van der Waals surface area contributed by atoms with Crippen molar-refractivity contribution in [3.05, 3.63) is 29.1 Å². The van der Waals surface area contributed by atoms with Crippen molar-refractivity contribution in [2.45, 2.75) is 70.3 Å². The summed E-state index contributed by atoms with van der Waals surface area (Å²) < 4.78 is 21.1. The van der Waals surface area contributed by atoms with Gasteiger partial charge in [0.2, 0.25) is 0 Å². The minimum absolute atomic E-state index is 0.104. The van der Waals surface area contributed by atoms with Crippen LogP contribution in [-0.4, -0.2) is 29.6 Å². The molecule has 1 unspecified atom stereocenters. The van der Waals surface area contributed by atoms with E-state index in [1.54, 1.807) is 6.07 Å². The maximum Gasteiger partial charge on any atom is 0.325 e. The van der Waals surface area contributed by atoms with Crippen LogP contribution in [0.4, 0.5) is 4.39 Å². The number of ether oxygens (including phenoxy) is 1. The maximum atomic E-state index is 14.8. The highest BCUT2D eigenvalue weighted by Crippen LogP contribution is 2.60. The molecule has 5 aliphatic carbocycles. The SMILES string of the molecule is CC(NC(=O)c1cc(C2CC2)c(OCC23CC4CC(CC(C4)C2)C3)cc1F)C(=O)O. The Morgan fingerprint density at radius 2 is 1.77 bits per heavy atom. The van der Waals surface area contributed by atoms with E-state index in [0.717, 1.165) is 36.2 Å². The van der Waals surface area contributed by atoms with Gasteiger partial charge in [-0.25, -0.2) is 4.39 Å². The van der Waals surface area contributed by atoms with Crippen molar-refractivity contribution in [1.82, 2.24) is 5.32 Å². The Bertz CT molecular complexity index is 843. The smallest absolute Gasteiger partial charge is 0.325 e. The second kappa shape index (κ2) is 7.24. The Morgan fingerprint density at radius 1 is 1.17 bits per heavy atom. The molecule has 5 nitrogen and oxygen atoms in total. The predicted octanol–water partition coefficient (Wildman–Crippen LogP) is 4.50. The molecular weight excluding hydrogens is 385 g/mol. The highest BCUT2D eigenvalue weighted by atomic mass is 19.1. The molecule has 5 fully saturated rings. The first-order chi connectivity index (χ1) is 14.3. The van der Waals surface area contributed by atoms with Crippen LogP contribution in [0, 0.1) is 29.0 Å². The molecule has 6 heteroatoms. The van der Waals surface area contributed by atoms with Gasteiger partial charge in [0.15, 0.2) is 0 Å². The average Bonchev–Trinajstić information content (AvgIpc) is 3.50. The van der Waals surface area contributed by atoms with Gasteiger partial charge in [-0.15, -0.1) is 0 Å². The number of rotatable bonds is 7. The molecular formula is C24H30FNO4. The zero-order chi connectivity index (χ0) is 21.0. The average molecular weight is 416 g/mol. The van der Waals surface area contributed by atoms with Crippen LogP contribution >= 0.6 is 0 Å². The van der Waals surface area contributed by atoms with Gasteiger partial charge in [-0.2, -0.15) is 0 Å². The van der Waals surface area contributed by atoms with Gasteiger partial charge in [0.1, 0.15) is 17.6 Å². The van der Waals surface area contributed by atoms with Crippen LogP contribution in [0.5, 0.6) is 5.75 Å². The second-order valence-electron chi connectivity index (χ2n) is 10.4. The number of halogens is 1. The summed E-state index contributed by atoms with van der Waals surface area (Å²) in [6.07, 6.45) is 9.83. The number of benzene rings is 1. The quantitative estimate of drug-likeness (QED) is 0.687. The first kappa shape index (κ1) is 19.8. The summed E-state index contributed by atoms with van der Waals surface area (Å²) in [5.41, 5.74) is 1.01. The molecule has 1 aromatic carbocycles. The molecule has 0 aromatic heterocycles. The zero-order valence-corrected chi connectivity index (χ0v) is 17.5. The fourth-order valence-corrected chi connectivity index (χ4v) is 6.62. The molecule has 5 saturated carbocycles. The number of carbonyl (C=O) groups excluding carboxylic acids is 1. The Kier molecular flexibility index (Phi) is 4.79. The van der Waals surface area contributed by atoms with Crippen molar-refractivity contribution in [3.63, 3.8) is 0 Å². The van der Waals surface area contributed by atoms with Gasteiger partial charge < -0.3 is 15.2 Å². The second-order valence-corrected chi connectivity index (χ2v) is 10.4. The minimum atomic E-state index is -1.15. The van der Waals surface area contributed by atoms with E-state index in [-0.39, 0.29) is 11.0 Å². The Labute approximate surface area is 176 Å². The molecule has 0 spiro atoms. The molecule has 162 valence electrons. The van der Waals surface area contributed by atoms with Crippen LogP contribution < -0.4 is 10.1 Å². The van der Waals surface area contributed by atoms with Crippen molar-refractivity contribution in [2.75, 3.05) is 6.61 Å². The monoisotopic (exact) mass is 415 g/mol. The molecule has 1 aromatic rings. The number of aliphatic carboxylic acids is 1. The van der Waals surface area contributed by atoms with Crippen molar-refractivity contribution in [2.24, 2.45) is 23.2 Å². The van der Waals surface area contributed by atoms with Gasteiger partial charge in [-0.3, -0.25) is 9.59 Å². The van der Waals surface area contributed by atoms with Crippen LogP contribution in [0.15, 0.2) is 12.1 Å². The van der Waals surface area contributed by atoms with E-state index in [9.17, 15) is 14.0 Å². The molecule has 2 N–H and O–H groups in total. The van der Waals surface area contributed by atoms with E-state index in [2.05, 4.69) is 5.32 Å². The van der Waals surface area contributed by atoms with E-state index in [4.69, 9.17) is 9.84 Å². The lowest BCUT2D eigenvalue weighted by atomic mass is 9.50. The zero-order valence-electron chi connectivity index (χ0n) is 17.5. The maximum absolute atomic E-state index is 14.8. The van der Waals surface area contributed by atoms with Crippen LogP contribution in [-0.2, 0) is 4.79 Å². The van der Waals surface area contributed by atoms with Crippen LogP contribution in [0.3, 0.4) is 0 Å². The van der Waals surface area contributed by atoms with E-state index >= 15 is 0 Å². The van der Waals surface area contributed by atoms with Crippen molar-refractivity contribution in [1.29, 1.82) is 0 Å². The Balaban J connectivity index is 1.35. The molecule has 4 bridgehead atoms. The summed E-state index contributed by atoms with van der Waals surface area (Å²) in [5.74, 6) is 0.855. The molecule has 0 radical (unpaired) electrons. The van der Waals surface area contributed by atoms with E-state index in [0.29, 0.717) is 18.3 Å². The van der Waals surface area contributed by atoms with Crippen LogP contribution in [0.1, 0.15) is 80.1 Å². The summed E-state index contributed by atoms with van der Waals surface area (Å²) in [5, 5.41) is 11.3. The van der Waals surface area contributed by atoms with Crippen LogP contribution in [0.2, 0.25) is 0 Å². The first-order valence-electron chi connectivity index (χ1n) is 11.3.